The molecule has 5 heteroatoms. The van der Waals surface area contributed by atoms with Crippen LogP contribution in [0.4, 0.5) is 5.69 Å². The quantitative estimate of drug-likeness (QED) is 0.488. The maximum atomic E-state index is 12.4. The predicted octanol–water partition coefficient (Wildman–Crippen LogP) is 3.39. The Labute approximate surface area is 121 Å². The van der Waals surface area contributed by atoms with Gasteiger partial charge in [-0.15, -0.1) is 0 Å². The van der Waals surface area contributed by atoms with E-state index in [1.165, 1.54) is 24.3 Å². The first-order chi connectivity index (χ1) is 10.0. The second kappa shape index (κ2) is 5.97. The van der Waals surface area contributed by atoms with E-state index < -0.39 is 10.8 Å². The monoisotopic (exact) mass is 280 g/mol. The zero-order valence-electron chi connectivity index (χ0n) is 11.3. The summed E-state index contributed by atoms with van der Waals surface area (Å²) in [6, 6.07) is 14.5. The summed E-state index contributed by atoms with van der Waals surface area (Å²) >= 11 is 0. The first-order valence-electron chi connectivity index (χ1n) is 6.28. The third kappa shape index (κ3) is 3.12. The van der Waals surface area contributed by atoms with E-state index in [2.05, 4.69) is 0 Å². The summed E-state index contributed by atoms with van der Waals surface area (Å²) in [5.41, 5.74) is 1.79. The largest absolute Gasteiger partial charge is 0.292 e. The zero-order valence-corrected chi connectivity index (χ0v) is 11.3. The standard InChI is InChI=1S/C16H12N2O3/c1-11-3-2-4-13(9-11)15(10-17)16(19)12-5-7-14(8-6-12)18(20)21/h2-9,15H,1H3. The molecule has 0 N–H and O–H groups in total. The molecule has 0 spiro atoms. The molecule has 0 aliphatic rings. The van der Waals surface area contributed by atoms with E-state index >= 15 is 0 Å². The molecule has 0 saturated carbocycles. The highest BCUT2D eigenvalue weighted by Gasteiger charge is 2.22. The Balaban J connectivity index is 2.33. The smallest absolute Gasteiger partial charge is 0.269 e. The highest BCUT2D eigenvalue weighted by molar-refractivity contribution is 6.02. The van der Waals surface area contributed by atoms with Gasteiger partial charge >= 0.3 is 0 Å². The number of nitro groups is 1. The minimum atomic E-state index is -0.911. The Morgan fingerprint density at radius 1 is 1.24 bits per heavy atom. The Bertz CT molecular complexity index is 730. The van der Waals surface area contributed by atoms with Crippen molar-refractivity contribution in [3.63, 3.8) is 0 Å². The number of hydrogen-bond donors (Lipinski definition) is 0. The van der Waals surface area contributed by atoms with Crippen LogP contribution in [0, 0.1) is 28.4 Å². The van der Waals surface area contributed by atoms with Gasteiger partial charge in [0.05, 0.1) is 11.0 Å². The summed E-state index contributed by atoms with van der Waals surface area (Å²) in [6.07, 6.45) is 0. The van der Waals surface area contributed by atoms with Crippen LogP contribution in [-0.4, -0.2) is 10.7 Å². The number of nitriles is 1. The topological polar surface area (TPSA) is 84.0 Å². The summed E-state index contributed by atoms with van der Waals surface area (Å²) in [5, 5.41) is 19.9. The van der Waals surface area contributed by atoms with Crippen molar-refractivity contribution >= 4 is 11.5 Å². The second-order valence-electron chi connectivity index (χ2n) is 4.64. The molecule has 2 aromatic carbocycles. The van der Waals surface area contributed by atoms with Crippen molar-refractivity contribution in [2.75, 3.05) is 0 Å². The van der Waals surface area contributed by atoms with Gasteiger partial charge in [0.25, 0.3) is 5.69 Å². The third-order valence-corrected chi connectivity index (χ3v) is 3.13. The first kappa shape index (κ1) is 14.4. The van der Waals surface area contributed by atoms with Crippen molar-refractivity contribution in [1.29, 1.82) is 5.26 Å². The minimum Gasteiger partial charge on any atom is -0.292 e. The summed E-state index contributed by atoms with van der Waals surface area (Å²) in [7, 11) is 0. The molecule has 0 aliphatic heterocycles. The normalized spacial score (nSPS) is 11.4. The lowest BCUT2D eigenvalue weighted by molar-refractivity contribution is -0.384. The number of aryl methyl sites for hydroxylation is 1. The predicted molar refractivity (Wildman–Crippen MR) is 77.0 cm³/mol. The Morgan fingerprint density at radius 2 is 1.90 bits per heavy atom. The second-order valence-corrected chi connectivity index (χ2v) is 4.64. The molecule has 0 amide bonds. The van der Waals surface area contributed by atoms with Crippen molar-refractivity contribution in [3.05, 3.63) is 75.3 Å². The van der Waals surface area contributed by atoms with E-state index in [-0.39, 0.29) is 17.0 Å². The lowest BCUT2D eigenvalue weighted by atomic mass is 9.91. The fourth-order valence-electron chi connectivity index (χ4n) is 2.05. The molecule has 5 nitrogen and oxygen atoms in total. The molecule has 0 bridgehead atoms. The highest BCUT2D eigenvalue weighted by Crippen LogP contribution is 2.22. The Kier molecular flexibility index (Phi) is 4.10. The fraction of sp³-hybridized carbons (Fsp3) is 0.125. The minimum absolute atomic E-state index is 0.0874. The zero-order chi connectivity index (χ0) is 15.4. The molecule has 1 atom stereocenters. The lowest BCUT2D eigenvalue weighted by Crippen LogP contribution is -2.11. The number of ketones is 1. The van der Waals surface area contributed by atoms with Gasteiger partial charge in [-0.25, -0.2) is 0 Å². The molecule has 0 saturated heterocycles. The van der Waals surface area contributed by atoms with Crippen LogP contribution in [0.3, 0.4) is 0 Å². The molecular weight excluding hydrogens is 268 g/mol. The SMILES string of the molecule is Cc1cccc(C(C#N)C(=O)c2ccc([N+](=O)[O-])cc2)c1. The number of Topliss-reactive ketones (excluding diaryl/α,β-unsaturated/α-hetero) is 1. The van der Waals surface area contributed by atoms with Gasteiger partial charge in [0, 0.05) is 17.7 Å². The van der Waals surface area contributed by atoms with E-state index in [0.29, 0.717) is 5.56 Å². The number of rotatable bonds is 4. The fourth-order valence-corrected chi connectivity index (χ4v) is 2.05. The molecule has 0 heterocycles. The first-order valence-corrected chi connectivity index (χ1v) is 6.28. The van der Waals surface area contributed by atoms with Crippen LogP contribution in [0.25, 0.3) is 0 Å². The van der Waals surface area contributed by atoms with Crippen LogP contribution in [0.1, 0.15) is 27.4 Å². The van der Waals surface area contributed by atoms with Gasteiger partial charge in [-0.2, -0.15) is 5.26 Å². The molecular formula is C16H12N2O3. The van der Waals surface area contributed by atoms with E-state index in [9.17, 15) is 20.2 Å². The van der Waals surface area contributed by atoms with Crippen molar-refractivity contribution in [1.82, 2.24) is 0 Å². The summed E-state index contributed by atoms with van der Waals surface area (Å²) in [5.74, 6) is -1.27. The van der Waals surface area contributed by atoms with Crippen LogP contribution < -0.4 is 0 Å². The molecule has 104 valence electrons. The van der Waals surface area contributed by atoms with Crippen molar-refractivity contribution in [2.45, 2.75) is 12.8 Å². The number of carbonyl (C=O) groups excluding carboxylic acids is 1. The van der Waals surface area contributed by atoms with Gasteiger partial charge in [0.1, 0.15) is 5.92 Å². The van der Waals surface area contributed by atoms with Gasteiger partial charge in [0.15, 0.2) is 5.78 Å². The van der Waals surface area contributed by atoms with Crippen LogP contribution in [0.2, 0.25) is 0 Å². The maximum absolute atomic E-state index is 12.4. The maximum Gasteiger partial charge on any atom is 0.269 e. The number of hydrogen-bond acceptors (Lipinski definition) is 4. The molecule has 2 aromatic rings. The Morgan fingerprint density at radius 3 is 2.43 bits per heavy atom. The highest BCUT2D eigenvalue weighted by atomic mass is 16.6. The summed E-state index contributed by atoms with van der Waals surface area (Å²) in [6.45, 7) is 1.88. The summed E-state index contributed by atoms with van der Waals surface area (Å²) < 4.78 is 0. The van der Waals surface area contributed by atoms with Crippen molar-refractivity contribution < 1.29 is 9.72 Å². The van der Waals surface area contributed by atoms with Crippen molar-refractivity contribution in [2.24, 2.45) is 0 Å². The number of carbonyl (C=O) groups is 1. The van der Waals surface area contributed by atoms with Gasteiger partial charge in [-0.1, -0.05) is 29.8 Å². The number of nitro benzene ring substituents is 1. The number of non-ortho nitro benzene ring substituents is 1. The lowest BCUT2D eigenvalue weighted by Gasteiger charge is -2.09. The molecule has 0 fully saturated rings. The average Bonchev–Trinajstić information content (AvgIpc) is 2.48. The third-order valence-electron chi connectivity index (χ3n) is 3.13. The Hall–Kier alpha value is -3.00. The molecule has 21 heavy (non-hydrogen) atoms. The number of nitrogens with zero attached hydrogens (tertiary/aromatic N) is 2. The molecule has 0 aliphatic carbocycles. The van der Waals surface area contributed by atoms with E-state index in [0.717, 1.165) is 5.56 Å². The average molecular weight is 280 g/mol. The van der Waals surface area contributed by atoms with Gasteiger partial charge < -0.3 is 0 Å². The van der Waals surface area contributed by atoms with Crippen LogP contribution in [0.5, 0.6) is 0 Å². The van der Waals surface area contributed by atoms with Gasteiger partial charge in [-0.05, 0) is 24.6 Å². The molecule has 0 aromatic heterocycles. The van der Waals surface area contributed by atoms with Crippen LogP contribution in [-0.2, 0) is 0 Å². The molecule has 0 radical (unpaired) electrons. The van der Waals surface area contributed by atoms with E-state index in [1.54, 1.807) is 18.2 Å². The molecule has 1 unspecified atom stereocenters. The van der Waals surface area contributed by atoms with Gasteiger partial charge in [0.2, 0.25) is 0 Å². The van der Waals surface area contributed by atoms with Crippen LogP contribution in [0.15, 0.2) is 48.5 Å². The van der Waals surface area contributed by atoms with Gasteiger partial charge in [-0.3, -0.25) is 14.9 Å². The molecule has 2 rings (SSSR count). The number of benzene rings is 2. The van der Waals surface area contributed by atoms with E-state index in [1.807, 2.05) is 19.1 Å². The summed E-state index contributed by atoms with van der Waals surface area (Å²) in [4.78, 5) is 22.4. The van der Waals surface area contributed by atoms with Crippen LogP contribution >= 0.6 is 0 Å². The van der Waals surface area contributed by atoms with E-state index in [4.69, 9.17) is 0 Å². The van der Waals surface area contributed by atoms with Crippen molar-refractivity contribution in [3.8, 4) is 6.07 Å².